The van der Waals surface area contributed by atoms with Crippen LogP contribution in [0.25, 0.3) is 16.9 Å². The standard InChI is InChI=1S/C18H22N4O/c1-21(2)12-6-7-13-23-18-11-10-17-19-14-16(22(17)20-18)15-8-4-3-5-9-15/h3-5,8-11,14H,6-7,12-13H2,1-2H3. The Morgan fingerprint density at radius 1 is 1.04 bits per heavy atom. The van der Waals surface area contributed by atoms with Crippen LogP contribution in [0.1, 0.15) is 12.8 Å². The lowest BCUT2D eigenvalue weighted by Crippen LogP contribution is -2.14. The fourth-order valence-electron chi connectivity index (χ4n) is 2.45. The molecule has 0 aliphatic rings. The summed E-state index contributed by atoms with van der Waals surface area (Å²) in [5.74, 6) is 0.637. The minimum atomic E-state index is 0.637. The number of unbranched alkanes of at least 4 members (excludes halogenated alkanes) is 1. The third-order valence-corrected chi connectivity index (χ3v) is 3.66. The van der Waals surface area contributed by atoms with Gasteiger partial charge in [0.1, 0.15) is 0 Å². The summed E-state index contributed by atoms with van der Waals surface area (Å²) in [6.07, 6.45) is 3.99. The Kier molecular flexibility index (Phi) is 4.88. The Balaban J connectivity index is 1.71. The molecule has 2 heterocycles. The van der Waals surface area contributed by atoms with Gasteiger partial charge in [0.15, 0.2) is 5.65 Å². The zero-order valence-corrected chi connectivity index (χ0v) is 13.6. The average molecular weight is 310 g/mol. The van der Waals surface area contributed by atoms with Crippen molar-refractivity contribution in [3.05, 3.63) is 48.7 Å². The van der Waals surface area contributed by atoms with Crippen LogP contribution < -0.4 is 4.74 Å². The zero-order valence-electron chi connectivity index (χ0n) is 13.6. The molecule has 0 amide bonds. The van der Waals surface area contributed by atoms with Gasteiger partial charge in [-0.25, -0.2) is 9.50 Å². The molecule has 0 aliphatic heterocycles. The highest BCUT2D eigenvalue weighted by Crippen LogP contribution is 2.20. The van der Waals surface area contributed by atoms with E-state index in [2.05, 4.69) is 41.2 Å². The Hall–Kier alpha value is -2.40. The van der Waals surface area contributed by atoms with Gasteiger partial charge in [0.2, 0.25) is 5.88 Å². The first-order valence-corrected chi connectivity index (χ1v) is 7.92. The Labute approximate surface area is 136 Å². The first kappa shape index (κ1) is 15.5. The number of aromatic nitrogens is 3. The molecule has 5 nitrogen and oxygen atoms in total. The molecule has 2 aromatic heterocycles. The summed E-state index contributed by atoms with van der Waals surface area (Å²) in [5.41, 5.74) is 2.89. The van der Waals surface area contributed by atoms with Gasteiger partial charge in [-0.3, -0.25) is 0 Å². The average Bonchev–Trinajstić information content (AvgIpc) is 2.98. The van der Waals surface area contributed by atoms with E-state index in [1.807, 2.05) is 41.0 Å². The number of rotatable bonds is 7. The first-order valence-electron chi connectivity index (χ1n) is 7.92. The van der Waals surface area contributed by atoms with Crippen molar-refractivity contribution in [3.63, 3.8) is 0 Å². The lowest BCUT2D eigenvalue weighted by Gasteiger charge is -2.09. The largest absolute Gasteiger partial charge is 0.477 e. The van der Waals surface area contributed by atoms with Crippen molar-refractivity contribution in [2.45, 2.75) is 12.8 Å². The van der Waals surface area contributed by atoms with Crippen LogP contribution in [0.4, 0.5) is 0 Å². The second-order valence-electron chi connectivity index (χ2n) is 5.81. The number of ether oxygens (including phenoxy) is 1. The molecule has 120 valence electrons. The number of hydrogen-bond donors (Lipinski definition) is 0. The highest BCUT2D eigenvalue weighted by molar-refractivity contribution is 5.62. The van der Waals surface area contributed by atoms with Crippen molar-refractivity contribution in [3.8, 4) is 17.1 Å². The molecule has 0 unspecified atom stereocenters. The molecule has 0 radical (unpaired) electrons. The van der Waals surface area contributed by atoms with Crippen LogP contribution in [0.15, 0.2) is 48.7 Å². The summed E-state index contributed by atoms with van der Waals surface area (Å²) in [6.45, 7) is 1.76. The lowest BCUT2D eigenvalue weighted by molar-refractivity contribution is 0.280. The maximum Gasteiger partial charge on any atom is 0.231 e. The highest BCUT2D eigenvalue weighted by Gasteiger charge is 2.08. The van der Waals surface area contributed by atoms with Crippen molar-refractivity contribution >= 4 is 5.65 Å². The maximum atomic E-state index is 5.78. The number of nitrogens with zero attached hydrogens (tertiary/aromatic N) is 4. The Bertz CT molecular complexity index is 752. The van der Waals surface area contributed by atoms with Crippen LogP contribution in [0, 0.1) is 0 Å². The van der Waals surface area contributed by atoms with Crippen LogP contribution in [-0.2, 0) is 0 Å². The molecule has 0 bridgehead atoms. The van der Waals surface area contributed by atoms with Gasteiger partial charge in [-0.15, -0.1) is 5.10 Å². The summed E-state index contributed by atoms with van der Waals surface area (Å²) in [4.78, 5) is 6.59. The Morgan fingerprint density at radius 2 is 1.87 bits per heavy atom. The van der Waals surface area contributed by atoms with Crippen LogP contribution in [-0.4, -0.2) is 46.7 Å². The molecule has 1 aromatic carbocycles. The number of hydrogen-bond acceptors (Lipinski definition) is 4. The fraction of sp³-hybridized carbons (Fsp3) is 0.333. The second kappa shape index (κ2) is 7.24. The van der Waals surface area contributed by atoms with Crippen LogP contribution in [0.5, 0.6) is 5.88 Å². The van der Waals surface area contributed by atoms with E-state index in [0.29, 0.717) is 12.5 Å². The van der Waals surface area contributed by atoms with E-state index in [9.17, 15) is 0 Å². The van der Waals surface area contributed by atoms with Crippen LogP contribution in [0.2, 0.25) is 0 Å². The minimum Gasteiger partial charge on any atom is -0.477 e. The van der Waals surface area contributed by atoms with E-state index in [1.54, 1.807) is 0 Å². The third kappa shape index (κ3) is 3.87. The van der Waals surface area contributed by atoms with E-state index in [0.717, 1.165) is 36.3 Å². The van der Waals surface area contributed by atoms with E-state index in [1.165, 1.54) is 0 Å². The molecule has 0 N–H and O–H groups in total. The smallest absolute Gasteiger partial charge is 0.231 e. The van der Waals surface area contributed by atoms with Gasteiger partial charge in [-0.2, -0.15) is 0 Å². The van der Waals surface area contributed by atoms with Gasteiger partial charge in [0.05, 0.1) is 18.5 Å². The van der Waals surface area contributed by atoms with Crippen LogP contribution >= 0.6 is 0 Å². The summed E-state index contributed by atoms with van der Waals surface area (Å²) in [7, 11) is 4.17. The van der Waals surface area contributed by atoms with Gasteiger partial charge < -0.3 is 9.64 Å². The molecule has 0 spiro atoms. The lowest BCUT2D eigenvalue weighted by atomic mass is 10.2. The maximum absolute atomic E-state index is 5.78. The molecular formula is C18H22N4O. The second-order valence-corrected chi connectivity index (χ2v) is 5.81. The fourth-order valence-corrected chi connectivity index (χ4v) is 2.45. The molecule has 0 saturated heterocycles. The predicted molar refractivity (Wildman–Crippen MR) is 91.7 cm³/mol. The monoisotopic (exact) mass is 310 g/mol. The van der Waals surface area contributed by atoms with Crippen molar-refractivity contribution in [2.24, 2.45) is 0 Å². The highest BCUT2D eigenvalue weighted by atomic mass is 16.5. The van der Waals surface area contributed by atoms with Crippen LogP contribution in [0.3, 0.4) is 0 Å². The SMILES string of the molecule is CN(C)CCCCOc1ccc2ncc(-c3ccccc3)n2n1. The quantitative estimate of drug-likeness (QED) is 0.629. The normalized spacial score (nSPS) is 11.3. The number of benzene rings is 1. The molecule has 3 rings (SSSR count). The van der Waals surface area contributed by atoms with Gasteiger partial charge in [0, 0.05) is 11.6 Å². The Morgan fingerprint density at radius 3 is 2.65 bits per heavy atom. The number of imidazole rings is 1. The molecular weight excluding hydrogens is 288 g/mol. The molecule has 0 atom stereocenters. The summed E-state index contributed by atoms with van der Waals surface area (Å²) >= 11 is 0. The first-order chi connectivity index (χ1) is 11.2. The topological polar surface area (TPSA) is 42.7 Å². The van der Waals surface area contributed by atoms with Crippen molar-refractivity contribution in [1.82, 2.24) is 19.5 Å². The van der Waals surface area contributed by atoms with E-state index >= 15 is 0 Å². The van der Waals surface area contributed by atoms with Crippen molar-refractivity contribution < 1.29 is 4.74 Å². The molecule has 5 heteroatoms. The summed E-state index contributed by atoms with van der Waals surface area (Å²) in [5, 5.41) is 4.57. The number of fused-ring (bicyclic) bond motifs is 1. The van der Waals surface area contributed by atoms with Gasteiger partial charge in [-0.1, -0.05) is 30.3 Å². The van der Waals surface area contributed by atoms with Crippen molar-refractivity contribution in [2.75, 3.05) is 27.2 Å². The van der Waals surface area contributed by atoms with Gasteiger partial charge in [0.25, 0.3) is 0 Å². The molecule has 3 aromatic rings. The minimum absolute atomic E-state index is 0.637. The predicted octanol–water partition coefficient (Wildman–Crippen LogP) is 3.12. The zero-order chi connectivity index (χ0) is 16.1. The third-order valence-electron chi connectivity index (χ3n) is 3.66. The van der Waals surface area contributed by atoms with Gasteiger partial charge >= 0.3 is 0 Å². The summed E-state index contributed by atoms with van der Waals surface area (Å²) < 4.78 is 7.62. The summed E-state index contributed by atoms with van der Waals surface area (Å²) in [6, 6.07) is 14.0. The van der Waals surface area contributed by atoms with E-state index < -0.39 is 0 Å². The molecule has 0 aliphatic carbocycles. The molecule has 23 heavy (non-hydrogen) atoms. The van der Waals surface area contributed by atoms with E-state index in [4.69, 9.17) is 4.74 Å². The molecule has 0 fully saturated rings. The van der Waals surface area contributed by atoms with Gasteiger partial charge in [-0.05, 0) is 39.5 Å². The van der Waals surface area contributed by atoms with E-state index in [-0.39, 0.29) is 0 Å². The molecule has 0 saturated carbocycles. The van der Waals surface area contributed by atoms with Crippen molar-refractivity contribution in [1.29, 1.82) is 0 Å².